The van der Waals surface area contributed by atoms with Crippen LogP contribution in [0.15, 0.2) is 18.2 Å². The number of ether oxygens (including phenoxy) is 1. The standard InChI is InChI=1S/C14H17FN4O2/c1-9(19-4-5-21-11(7-16)8-19)14(20)18-10-2-3-12(15)13(17)6-10/h2-3,6,9,11H,4-5,8,17H2,1H3,(H,18,20). The zero-order valence-electron chi connectivity index (χ0n) is 11.7. The highest BCUT2D eigenvalue weighted by Crippen LogP contribution is 2.17. The van der Waals surface area contributed by atoms with Gasteiger partial charge in [0.2, 0.25) is 5.91 Å². The number of nitrogens with zero attached hydrogens (tertiary/aromatic N) is 2. The minimum Gasteiger partial charge on any atom is -0.396 e. The van der Waals surface area contributed by atoms with Gasteiger partial charge >= 0.3 is 0 Å². The summed E-state index contributed by atoms with van der Waals surface area (Å²) >= 11 is 0. The Hall–Kier alpha value is -2.17. The summed E-state index contributed by atoms with van der Waals surface area (Å²) in [5.74, 6) is -0.759. The van der Waals surface area contributed by atoms with Crippen LogP contribution in [-0.4, -0.2) is 42.6 Å². The summed E-state index contributed by atoms with van der Waals surface area (Å²) in [7, 11) is 0. The van der Waals surface area contributed by atoms with Crippen molar-refractivity contribution in [1.29, 1.82) is 5.26 Å². The van der Waals surface area contributed by atoms with Crippen molar-refractivity contribution in [3.8, 4) is 6.07 Å². The van der Waals surface area contributed by atoms with Crippen molar-refractivity contribution in [2.45, 2.75) is 19.1 Å². The molecule has 1 aromatic carbocycles. The predicted octanol–water partition coefficient (Wildman–Crippen LogP) is 0.959. The van der Waals surface area contributed by atoms with Gasteiger partial charge in [0, 0.05) is 18.8 Å². The second kappa shape index (κ2) is 6.52. The number of rotatable bonds is 3. The van der Waals surface area contributed by atoms with Crippen molar-refractivity contribution < 1.29 is 13.9 Å². The molecule has 21 heavy (non-hydrogen) atoms. The Morgan fingerprint density at radius 1 is 1.67 bits per heavy atom. The van der Waals surface area contributed by atoms with Gasteiger partial charge in [-0.05, 0) is 25.1 Å². The molecular formula is C14H17FN4O2. The van der Waals surface area contributed by atoms with E-state index >= 15 is 0 Å². The Morgan fingerprint density at radius 2 is 2.43 bits per heavy atom. The molecule has 7 heteroatoms. The zero-order chi connectivity index (χ0) is 15.4. The first-order chi connectivity index (χ1) is 10.0. The van der Waals surface area contributed by atoms with E-state index in [4.69, 9.17) is 15.7 Å². The average Bonchev–Trinajstić information content (AvgIpc) is 2.50. The van der Waals surface area contributed by atoms with Crippen LogP contribution in [0.3, 0.4) is 0 Å². The maximum absolute atomic E-state index is 13.1. The van der Waals surface area contributed by atoms with E-state index in [1.807, 2.05) is 11.0 Å². The number of morpholine rings is 1. The molecule has 1 amide bonds. The molecule has 1 aromatic rings. The molecule has 2 atom stereocenters. The van der Waals surface area contributed by atoms with Gasteiger partial charge in [0.1, 0.15) is 5.82 Å². The van der Waals surface area contributed by atoms with E-state index in [9.17, 15) is 9.18 Å². The van der Waals surface area contributed by atoms with E-state index in [0.717, 1.165) is 0 Å². The number of amides is 1. The third kappa shape index (κ3) is 3.68. The largest absolute Gasteiger partial charge is 0.396 e. The second-order valence-corrected chi connectivity index (χ2v) is 4.88. The van der Waals surface area contributed by atoms with Gasteiger partial charge in [-0.15, -0.1) is 0 Å². The van der Waals surface area contributed by atoms with Crippen molar-refractivity contribution in [2.24, 2.45) is 0 Å². The van der Waals surface area contributed by atoms with Crippen molar-refractivity contribution in [3.63, 3.8) is 0 Å². The molecule has 2 unspecified atom stereocenters. The van der Waals surface area contributed by atoms with Crippen LogP contribution in [0.5, 0.6) is 0 Å². The lowest BCUT2D eigenvalue weighted by Gasteiger charge is -2.33. The molecule has 0 radical (unpaired) electrons. The summed E-state index contributed by atoms with van der Waals surface area (Å²) < 4.78 is 18.3. The van der Waals surface area contributed by atoms with Crippen molar-refractivity contribution >= 4 is 17.3 Å². The van der Waals surface area contributed by atoms with Crippen LogP contribution in [0.1, 0.15) is 6.92 Å². The number of anilines is 2. The summed E-state index contributed by atoms with van der Waals surface area (Å²) in [4.78, 5) is 14.1. The monoisotopic (exact) mass is 292 g/mol. The van der Waals surface area contributed by atoms with E-state index < -0.39 is 18.0 Å². The summed E-state index contributed by atoms with van der Waals surface area (Å²) in [6.07, 6.45) is -0.518. The van der Waals surface area contributed by atoms with Gasteiger partial charge in [-0.3, -0.25) is 9.69 Å². The van der Waals surface area contributed by atoms with E-state index in [0.29, 0.717) is 25.4 Å². The van der Waals surface area contributed by atoms with Crippen molar-refractivity contribution in [2.75, 3.05) is 30.7 Å². The zero-order valence-corrected chi connectivity index (χ0v) is 11.7. The molecule has 1 aliphatic heterocycles. The molecule has 0 aliphatic carbocycles. The normalized spacial score (nSPS) is 20.5. The van der Waals surface area contributed by atoms with Gasteiger partial charge in [0.25, 0.3) is 0 Å². The van der Waals surface area contributed by atoms with Crippen LogP contribution in [0.25, 0.3) is 0 Å². The maximum atomic E-state index is 13.1. The Labute approximate surface area is 122 Å². The molecule has 3 N–H and O–H groups in total. The molecule has 1 aliphatic rings. The summed E-state index contributed by atoms with van der Waals surface area (Å²) in [5.41, 5.74) is 5.89. The molecule has 0 spiro atoms. The summed E-state index contributed by atoms with van der Waals surface area (Å²) in [6.45, 7) is 3.14. The number of hydrogen-bond acceptors (Lipinski definition) is 5. The SMILES string of the molecule is CC(C(=O)Nc1ccc(F)c(N)c1)N1CCOC(C#N)C1. The molecule has 112 valence electrons. The number of nitrogen functional groups attached to an aromatic ring is 1. The fraction of sp³-hybridized carbons (Fsp3) is 0.429. The highest BCUT2D eigenvalue weighted by atomic mass is 19.1. The van der Waals surface area contributed by atoms with Gasteiger partial charge in [0.05, 0.1) is 24.4 Å². The van der Waals surface area contributed by atoms with Gasteiger partial charge in [-0.2, -0.15) is 5.26 Å². The summed E-state index contributed by atoms with van der Waals surface area (Å²) in [5, 5.41) is 11.6. The van der Waals surface area contributed by atoms with Crippen LogP contribution in [0.2, 0.25) is 0 Å². The third-order valence-electron chi connectivity index (χ3n) is 3.43. The highest BCUT2D eigenvalue weighted by Gasteiger charge is 2.27. The minimum atomic E-state index is -0.522. The van der Waals surface area contributed by atoms with Crippen molar-refractivity contribution in [1.82, 2.24) is 4.90 Å². The van der Waals surface area contributed by atoms with Crippen molar-refractivity contribution in [3.05, 3.63) is 24.0 Å². The molecule has 1 fully saturated rings. The molecule has 0 saturated carbocycles. The first kappa shape index (κ1) is 15.2. The number of benzene rings is 1. The number of nitrogens with one attached hydrogen (secondary N) is 1. The van der Waals surface area contributed by atoms with E-state index in [1.165, 1.54) is 18.2 Å². The molecule has 0 bridgehead atoms. The van der Waals surface area contributed by atoms with Crippen LogP contribution < -0.4 is 11.1 Å². The minimum absolute atomic E-state index is 0.0172. The van der Waals surface area contributed by atoms with Crippen LogP contribution in [0, 0.1) is 17.1 Å². The van der Waals surface area contributed by atoms with Crippen LogP contribution in [-0.2, 0) is 9.53 Å². The maximum Gasteiger partial charge on any atom is 0.241 e. The lowest BCUT2D eigenvalue weighted by molar-refractivity contribution is -0.123. The quantitative estimate of drug-likeness (QED) is 0.810. The van der Waals surface area contributed by atoms with Gasteiger partial charge < -0.3 is 15.8 Å². The summed E-state index contributed by atoms with van der Waals surface area (Å²) in [6, 6.07) is 5.65. The number of carbonyl (C=O) groups is 1. The average molecular weight is 292 g/mol. The van der Waals surface area contributed by atoms with E-state index in [1.54, 1.807) is 6.92 Å². The fourth-order valence-electron chi connectivity index (χ4n) is 2.13. The smallest absolute Gasteiger partial charge is 0.241 e. The molecule has 6 nitrogen and oxygen atoms in total. The Morgan fingerprint density at radius 3 is 3.10 bits per heavy atom. The van der Waals surface area contributed by atoms with Crippen LogP contribution >= 0.6 is 0 Å². The van der Waals surface area contributed by atoms with Gasteiger partial charge in [-0.25, -0.2) is 4.39 Å². The predicted molar refractivity (Wildman–Crippen MR) is 75.8 cm³/mol. The van der Waals surface area contributed by atoms with E-state index in [-0.39, 0.29) is 11.6 Å². The first-order valence-electron chi connectivity index (χ1n) is 6.62. The number of carbonyl (C=O) groups excluding carboxylic acids is 1. The number of halogens is 1. The molecular weight excluding hydrogens is 275 g/mol. The Kier molecular flexibility index (Phi) is 4.73. The van der Waals surface area contributed by atoms with Crippen LogP contribution in [0.4, 0.5) is 15.8 Å². The number of nitriles is 1. The number of hydrogen-bond donors (Lipinski definition) is 2. The van der Waals surface area contributed by atoms with Gasteiger partial charge in [-0.1, -0.05) is 0 Å². The van der Waals surface area contributed by atoms with Gasteiger partial charge in [0.15, 0.2) is 6.10 Å². The topological polar surface area (TPSA) is 91.4 Å². The first-order valence-corrected chi connectivity index (χ1v) is 6.62. The lowest BCUT2D eigenvalue weighted by atomic mass is 10.2. The Bertz CT molecular complexity index is 573. The Balaban J connectivity index is 1.99. The lowest BCUT2D eigenvalue weighted by Crippen LogP contribution is -2.50. The second-order valence-electron chi connectivity index (χ2n) is 4.88. The molecule has 0 aromatic heterocycles. The molecule has 2 rings (SSSR count). The fourth-order valence-corrected chi connectivity index (χ4v) is 2.13. The van der Waals surface area contributed by atoms with E-state index in [2.05, 4.69) is 5.32 Å². The third-order valence-corrected chi connectivity index (χ3v) is 3.43. The highest BCUT2D eigenvalue weighted by molar-refractivity contribution is 5.94. The number of nitrogens with two attached hydrogens (primary N) is 1. The molecule has 1 heterocycles. The molecule has 1 saturated heterocycles.